The first-order valence-electron chi connectivity index (χ1n) is 8.11. The first kappa shape index (κ1) is 17.6. The third-order valence-corrected chi connectivity index (χ3v) is 5.97. The van der Waals surface area contributed by atoms with Crippen LogP contribution in [0.15, 0.2) is 24.4 Å². The highest BCUT2D eigenvalue weighted by Gasteiger charge is 2.43. The van der Waals surface area contributed by atoms with Gasteiger partial charge in [0.05, 0.1) is 6.20 Å². The van der Waals surface area contributed by atoms with Gasteiger partial charge in [0.2, 0.25) is 11.0 Å². The number of H-pyrrole nitrogens is 1. The van der Waals surface area contributed by atoms with Crippen LogP contribution in [-0.2, 0) is 11.0 Å². The van der Waals surface area contributed by atoms with Gasteiger partial charge in [0.25, 0.3) is 0 Å². The molecule has 4 rings (SSSR count). The lowest BCUT2D eigenvalue weighted by Crippen LogP contribution is -2.41. The van der Waals surface area contributed by atoms with Gasteiger partial charge in [-0.25, -0.2) is 13.5 Å². The molecule has 2 N–H and O–H groups in total. The van der Waals surface area contributed by atoms with Crippen LogP contribution in [0.2, 0.25) is 0 Å². The van der Waals surface area contributed by atoms with Crippen LogP contribution in [0, 0.1) is 5.92 Å². The van der Waals surface area contributed by atoms with Crippen LogP contribution in [0.3, 0.4) is 0 Å². The Hall–Kier alpha value is -1.85. The number of aromatic nitrogens is 2. The maximum atomic E-state index is 12.7. The molecular formula is C15H15BF3N3O3S. The van der Waals surface area contributed by atoms with Gasteiger partial charge in [0, 0.05) is 30.2 Å². The minimum atomic E-state index is -4.74. The molecule has 1 atom stereocenters. The fourth-order valence-corrected chi connectivity index (χ4v) is 4.43. The van der Waals surface area contributed by atoms with Crippen LogP contribution in [-0.4, -0.2) is 49.2 Å². The molecule has 138 valence electrons. The first-order valence-corrected chi connectivity index (χ1v) is 9.22. The van der Waals surface area contributed by atoms with Crippen LogP contribution in [0.1, 0.15) is 18.4 Å². The number of pyridine rings is 1. The van der Waals surface area contributed by atoms with Crippen molar-refractivity contribution >= 4 is 34.7 Å². The zero-order valence-electron chi connectivity index (χ0n) is 13.5. The maximum absolute atomic E-state index is 12.7. The topological polar surface area (TPSA) is 78.5 Å². The first-order chi connectivity index (χ1) is 12.3. The van der Waals surface area contributed by atoms with E-state index in [0.29, 0.717) is 24.2 Å². The van der Waals surface area contributed by atoms with Gasteiger partial charge in [0.15, 0.2) is 0 Å². The molecule has 0 saturated carbocycles. The molecule has 0 spiro atoms. The molecule has 1 unspecified atom stereocenters. The molecule has 0 bridgehead atoms. The summed E-state index contributed by atoms with van der Waals surface area (Å²) in [6, 6.07) is 1.85. The van der Waals surface area contributed by atoms with Crippen LogP contribution < -0.4 is 4.65 Å². The van der Waals surface area contributed by atoms with E-state index in [4.69, 9.17) is 4.65 Å². The Labute approximate surface area is 149 Å². The van der Waals surface area contributed by atoms with Gasteiger partial charge in [-0.05, 0) is 36.4 Å². The van der Waals surface area contributed by atoms with E-state index in [9.17, 15) is 22.4 Å². The maximum Gasteiger partial charge on any atom is 0.552 e. The smallest absolute Gasteiger partial charge is 0.531 e. The Morgan fingerprint density at radius 2 is 2.12 bits per heavy atom. The van der Waals surface area contributed by atoms with Gasteiger partial charge in [-0.15, -0.1) is 0 Å². The van der Waals surface area contributed by atoms with Gasteiger partial charge in [-0.2, -0.15) is 13.2 Å². The van der Waals surface area contributed by atoms with Crippen LogP contribution in [0.5, 0.6) is 5.75 Å². The van der Waals surface area contributed by atoms with E-state index in [0.717, 1.165) is 20.8 Å². The molecule has 2 aliphatic heterocycles. The number of fused-ring (bicyclic) bond motifs is 3. The Bertz CT molecular complexity index is 893. The second-order valence-corrected chi connectivity index (χ2v) is 7.74. The molecule has 0 aliphatic carbocycles. The molecule has 0 radical (unpaired) electrons. The zero-order valence-corrected chi connectivity index (χ0v) is 14.3. The average molecular weight is 385 g/mol. The van der Waals surface area contributed by atoms with Crippen molar-refractivity contribution in [2.45, 2.75) is 18.3 Å². The number of allylic oxidation sites excluding steroid dienone is 1. The van der Waals surface area contributed by atoms with Gasteiger partial charge in [-0.1, -0.05) is 0 Å². The molecule has 6 nitrogen and oxygen atoms in total. The lowest BCUT2D eigenvalue weighted by atomic mass is 9.74. The number of piperidine rings is 1. The van der Waals surface area contributed by atoms with Crippen molar-refractivity contribution in [2.24, 2.45) is 5.92 Å². The van der Waals surface area contributed by atoms with Crippen molar-refractivity contribution in [1.29, 1.82) is 0 Å². The van der Waals surface area contributed by atoms with E-state index in [2.05, 4.69) is 9.97 Å². The number of alkyl halides is 3. The molecule has 0 aromatic carbocycles. The van der Waals surface area contributed by atoms with Crippen molar-refractivity contribution < 1.29 is 27.1 Å². The lowest BCUT2D eigenvalue weighted by molar-refractivity contribution is -0.0433. The van der Waals surface area contributed by atoms with E-state index in [1.807, 2.05) is 6.07 Å². The highest BCUT2D eigenvalue weighted by Crippen LogP contribution is 2.42. The SMILES string of the molecule is O=S(N1CCC(C2=CB(O)Oc3cnc4[nH]ccc4c32)CC1)C(F)(F)F. The third-order valence-electron chi connectivity index (χ3n) is 4.74. The summed E-state index contributed by atoms with van der Waals surface area (Å²) in [5.41, 5.74) is -2.43. The van der Waals surface area contributed by atoms with E-state index in [1.165, 1.54) is 6.20 Å². The summed E-state index contributed by atoms with van der Waals surface area (Å²) in [5.74, 6) is 1.98. The number of nitrogens with zero attached hydrogens (tertiary/aromatic N) is 2. The van der Waals surface area contributed by atoms with Crippen LogP contribution >= 0.6 is 0 Å². The van der Waals surface area contributed by atoms with Crippen molar-refractivity contribution in [3.05, 3.63) is 30.0 Å². The molecule has 2 aromatic heterocycles. The molecule has 1 saturated heterocycles. The summed E-state index contributed by atoms with van der Waals surface area (Å²) >= 11 is 0. The second-order valence-electron chi connectivity index (χ2n) is 6.27. The average Bonchev–Trinajstić information content (AvgIpc) is 3.08. The summed E-state index contributed by atoms with van der Waals surface area (Å²) in [4.78, 5) is 7.25. The van der Waals surface area contributed by atoms with Crippen molar-refractivity contribution in [3.8, 4) is 5.75 Å². The fourth-order valence-electron chi connectivity index (χ4n) is 3.60. The highest BCUT2D eigenvalue weighted by atomic mass is 32.2. The normalized spacial score (nSPS) is 20.6. The van der Waals surface area contributed by atoms with E-state index in [1.54, 1.807) is 12.2 Å². The van der Waals surface area contributed by atoms with E-state index in [-0.39, 0.29) is 19.0 Å². The summed E-state index contributed by atoms with van der Waals surface area (Å²) in [7, 11) is -4.11. The molecule has 26 heavy (non-hydrogen) atoms. The molecule has 1 fully saturated rings. The summed E-state index contributed by atoms with van der Waals surface area (Å²) in [6.07, 6.45) is 4.09. The fraction of sp³-hybridized carbons (Fsp3) is 0.400. The number of aromatic amines is 1. The molecular weight excluding hydrogens is 370 g/mol. The Balaban J connectivity index is 1.61. The van der Waals surface area contributed by atoms with Crippen molar-refractivity contribution in [2.75, 3.05) is 13.1 Å². The Morgan fingerprint density at radius 1 is 1.38 bits per heavy atom. The molecule has 0 amide bonds. The molecule has 4 heterocycles. The third kappa shape index (κ3) is 3.04. The number of rotatable bonds is 2. The van der Waals surface area contributed by atoms with Gasteiger partial charge < -0.3 is 14.7 Å². The summed E-state index contributed by atoms with van der Waals surface area (Å²) < 4.78 is 55.9. The van der Waals surface area contributed by atoms with Crippen molar-refractivity contribution in [3.63, 3.8) is 0 Å². The number of hydrogen-bond acceptors (Lipinski definition) is 4. The highest BCUT2D eigenvalue weighted by molar-refractivity contribution is 7.83. The van der Waals surface area contributed by atoms with Crippen LogP contribution in [0.4, 0.5) is 13.2 Å². The Kier molecular flexibility index (Phi) is 4.32. The quantitative estimate of drug-likeness (QED) is 0.778. The molecule has 2 aliphatic rings. The van der Waals surface area contributed by atoms with Crippen molar-refractivity contribution in [1.82, 2.24) is 14.3 Å². The second kappa shape index (κ2) is 6.40. The minimum absolute atomic E-state index is 0.0608. The lowest BCUT2D eigenvalue weighted by Gasteiger charge is -2.34. The number of hydrogen-bond donors (Lipinski definition) is 2. The zero-order chi connectivity index (χ0) is 18.5. The summed E-state index contributed by atoms with van der Waals surface area (Å²) in [5, 5.41) is 10.8. The van der Waals surface area contributed by atoms with Crippen LogP contribution in [0.25, 0.3) is 16.6 Å². The molecule has 11 heteroatoms. The number of halogens is 3. The molecule has 2 aromatic rings. The predicted octanol–water partition coefficient (Wildman–Crippen LogP) is 2.25. The monoisotopic (exact) mass is 385 g/mol. The Morgan fingerprint density at radius 3 is 2.81 bits per heavy atom. The van der Waals surface area contributed by atoms with E-state index < -0.39 is 23.6 Å². The predicted molar refractivity (Wildman–Crippen MR) is 91.2 cm³/mol. The minimum Gasteiger partial charge on any atom is -0.531 e. The summed E-state index contributed by atoms with van der Waals surface area (Å²) in [6.45, 7) is 0.142. The van der Waals surface area contributed by atoms with Gasteiger partial charge in [-0.3, -0.25) is 0 Å². The number of nitrogens with one attached hydrogen (secondary N) is 1. The standard InChI is InChI=1S/C15H15BF3N3O3S/c17-15(18,19)26(24)22-5-2-9(3-6-22)11-7-16(23)25-12-8-21-14-10(13(11)12)1-4-20-14/h1,4,7-9,23H,2-3,5-6H2,(H,20,21). The van der Waals surface area contributed by atoms with Gasteiger partial charge in [0.1, 0.15) is 11.4 Å². The largest absolute Gasteiger partial charge is 0.552 e. The van der Waals surface area contributed by atoms with Gasteiger partial charge >= 0.3 is 12.6 Å². The van der Waals surface area contributed by atoms with E-state index >= 15 is 0 Å².